The molecule has 3 nitrogen and oxygen atoms in total. The maximum atomic E-state index is 8.33. The lowest BCUT2D eigenvalue weighted by molar-refractivity contribution is 0.158. The zero-order chi connectivity index (χ0) is 8.69. The molecule has 0 heterocycles. The summed E-state index contributed by atoms with van der Waals surface area (Å²) in [5.74, 6) is 0. The molecule has 0 aromatic rings. The molecular weight excluding hydrogens is 160 g/mol. The van der Waals surface area contributed by atoms with Crippen LogP contribution >= 0.6 is 11.8 Å². The van der Waals surface area contributed by atoms with Crippen LogP contribution in [0.4, 0.5) is 0 Å². The Hall–Kier alpha value is -0.690. The number of rotatable bonds is 4. The van der Waals surface area contributed by atoms with Crippen LogP contribution < -0.4 is 0 Å². The summed E-state index contributed by atoms with van der Waals surface area (Å²) in [6.45, 7) is 6.22. The first kappa shape index (κ1) is 10.3. The van der Waals surface area contributed by atoms with Gasteiger partial charge in [-0.25, -0.2) is 0 Å². The van der Waals surface area contributed by atoms with Gasteiger partial charge in [0.05, 0.1) is 11.0 Å². The van der Waals surface area contributed by atoms with Gasteiger partial charge in [0, 0.05) is 0 Å². The molecule has 0 aromatic heterocycles. The summed E-state index contributed by atoms with van der Waals surface area (Å²) >= 11 is 1.18. The van der Waals surface area contributed by atoms with Crippen molar-refractivity contribution in [2.24, 2.45) is 5.16 Å². The summed E-state index contributed by atoms with van der Waals surface area (Å²) < 4.78 is 0. The molecule has 1 atom stereocenters. The Balaban J connectivity index is 3.81. The Morgan fingerprint density at radius 1 is 1.82 bits per heavy atom. The molecule has 0 bridgehead atoms. The molecule has 0 rings (SSSR count). The molecule has 0 spiro atoms. The van der Waals surface area contributed by atoms with Crippen LogP contribution in [0.1, 0.15) is 20.8 Å². The molecule has 0 aliphatic rings. The van der Waals surface area contributed by atoms with Gasteiger partial charge in [0.2, 0.25) is 0 Å². The Kier molecular flexibility index (Phi) is 5.67. The van der Waals surface area contributed by atoms with E-state index in [9.17, 15) is 0 Å². The molecule has 0 unspecified atom stereocenters. The number of nitrogens with zero attached hydrogens (tertiary/aromatic N) is 2. The second-order valence-electron chi connectivity index (χ2n) is 2.00. The molecule has 0 radical (unpaired) electrons. The van der Waals surface area contributed by atoms with E-state index in [4.69, 9.17) is 10.1 Å². The Labute approximate surface area is 71.4 Å². The van der Waals surface area contributed by atoms with Crippen LogP contribution in [-0.2, 0) is 4.84 Å². The van der Waals surface area contributed by atoms with Crippen molar-refractivity contribution >= 4 is 17.5 Å². The monoisotopic (exact) mass is 172 g/mol. The Morgan fingerprint density at radius 2 is 2.45 bits per heavy atom. The first-order valence-corrected chi connectivity index (χ1v) is 4.31. The van der Waals surface area contributed by atoms with Gasteiger partial charge in [-0.05, 0) is 32.5 Å². The Morgan fingerprint density at radius 3 is 2.91 bits per heavy atom. The van der Waals surface area contributed by atoms with E-state index >= 15 is 0 Å². The van der Waals surface area contributed by atoms with E-state index < -0.39 is 0 Å². The normalized spacial score (nSPS) is 13.8. The van der Waals surface area contributed by atoms with Crippen LogP contribution in [0.3, 0.4) is 0 Å². The van der Waals surface area contributed by atoms with Gasteiger partial charge in [-0.1, -0.05) is 5.16 Å². The number of oxime groups is 1. The summed E-state index contributed by atoms with van der Waals surface area (Å²) in [5, 5.41) is 14.3. The van der Waals surface area contributed by atoms with Crippen LogP contribution in [-0.4, -0.2) is 17.6 Å². The molecule has 0 aromatic carbocycles. The van der Waals surface area contributed by atoms with Crippen molar-refractivity contribution in [3.63, 3.8) is 0 Å². The predicted octanol–water partition coefficient (Wildman–Crippen LogP) is 2.00. The molecule has 4 heteroatoms. The van der Waals surface area contributed by atoms with Gasteiger partial charge in [-0.2, -0.15) is 5.26 Å². The number of hydrogen-bond donors (Lipinski definition) is 0. The molecule has 0 saturated heterocycles. The molecule has 0 aliphatic carbocycles. The fraction of sp³-hybridized carbons (Fsp3) is 0.714. The number of thioether (sulfide) groups is 1. The van der Waals surface area contributed by atoms with E-state index in [1.165, 1.54) is 11.8 Å². The van der Waals surface area contributed by atoms with Crippen molar-refractivity contribution in [1.82, 2.24) is 0 Å². The summed E-state index contributed by atoms with van der Waals surface area (Å²) in [7, 11) is 0. The third-order valence-electron chi connectivity index (χ3n) is 1.16. The first-order chi connectivity index (χ1) is 5.22. The van der Waals surface area contributed by atoms with E-state index in [0.717, 1.165) is 5.71 Å². The van der Waals surface area contributed by atoms with Crippen LogP contribution in [0, 0.1) is 10.7 Å². The lowest BCUT2D eigenvalue weighted by Gasteiger charge is -2.03. The van der Waals surface area contributed by atoms with E-state index in [2.05, 4.69) is 5.16 Å². The highest BCUT2D eigenvalue weighted by Gasteiger charge is 2.05. The van der Waals surface area contributed by atoms with Crippen molar-refractivity contribution in [1.29, 1.82) is 5.26 Å². The van der Waals surface area contributed by atoms with Crippen molar-refractivity contribution in [2.75, 3.05) is 6.61 Å². The molecule has 11 heavy (non-hydrogen) atoms. The summed E-state index contributed by atoms with van der Waals surface area (Å²) in [4.78, 5) is 4.83. The fourth-order valence-corrected chi connectivity index (χ4v) is 0.777. The smallest absolute Gasteiger partial charge is 0.134 e. The topological polar surface area (TPSA) is 45.4 Å². The lowest BCUT2D eigenvalue weighted by atomic mass is 10.3. The number of thiocyanates is 1. The van der Waals surface area contributed by atoms with E-state index in [1.807, 2.05) is 26.2 Å². The molecule has 0 amide bonds. The van der Waals surface area contributed by atoms with Gasteiger partial charge in [0.25, 0.3) is 0 Å². The highest BCUT2D eigenvalue weighted by molar-refractivity contribution is 8.04. The third-order valence-corrected chi connectivity index (χ3v) is 1.96. The maximum absolute atomic E-state index is 8.33. The van der Waals surface area contributed by atoms with Crippen LogP contribution in [0.2, 0.25) is 0 Å². The van der Waals surface area contributed by atoms with E-state index in [0.29, 0.717) is 6.61 Å². The van der Waals surface area contributed by atoms with Gasteiger partial charge >= 0.3 is 0 Å². The van der Waals surface area contributed by atoms with Crippen LogP contribution in [0.15, 0.2) is 5.16 Å². The zero-order valence-corrected chi connectivity index (χ0v) is 7.81. The predicted molar refractivity (Wildman–Crippen MR) is 47.4 cm³/mol. The summed E-state index contributed by atoms with van der Waals surface area (Å²) in [6.07, 6.45) is 0. The minimum Gasteiger partial charge on any atom is -0.396 e. The summed E-state index contributed by atoms with van der Waals surface area (Å²) in [5.41, 5.74) is 0.846. The average Bonchev–Trinajstić information content (AvgIpc) is 2.00. The second kappa shape index (κ2) is 6.05. The fourth-order valence-electron chi connectivity index (χ4n) is 0.405. The molecule has 0 N–H and O–H groups in total. The lowest BCUT2D eigenvalue weighted by Crippen LogP contribution is -2.08. The second-order valence-corrected chi connectivity index (χ2v) is 3.13. The van der Waals surface area contributed by atoms with Crippen molar-refractivity contribution < 1.29 is 4.84 Å². The van der Waals surface area contributed by atoms with Crippen molar-refractivity contribution in [3.8, 4) is 5.40 Å². The minimum absolute atomic E-state index is 0.117. The molecule has 62 valence electrons. The highest BCUT2D eigenvalue weighted by atomic mass is 32.2. The summed E-state index contributed by atoms with van der Waals surface area (Å²) in [6, 6.07) is 0. The minimum atomic E-state index is 0.117. The molecule has 0 fully saturated rings. The molecule has 0 saturated carbocycles. The van der Waals surface area contributed by atoms with Crippen LogP contribution in [0.5, 0.6) is 0 Å². The van der Waals surface area contributed by atoms with Gasteiger partial charge in [0.15, 0.2) is 0 Å². The number of nitriles is 1. The van der Waals surface area contributed by atoms with Crippen molar-refractivity contribution in [3.05, 3.63) is 0 Å². The van der Waals surface area contributed by atoms with E-state index in [1.54, 1.807) is 0 Å². The zero-order valence-electron chi connectivity index (χ0n) is 7.00. The maximum Gasteiger partial charge on any atom is 0.134 e. The van der Waals surface area contributed by atoms with Gasteiger partial charge in [0.1, 0.15) is 12.0 Å². The largest absolute Gasteiger partial charge is 0.396 e. The van der Waals surface area contributed by atoms with Crippen LogP contribution in [0.25, 0.3) is 0 Å². The third kappa shape index (κ3) is 4.68. The SMILES string of the molecule is CCO/N=C(\C)[C@H](C)SC#N. The average molecular weight is 172 g/mol. The molecular formula is C7H12N2OS. The van der Waals surface area contributed by atoms with Crippen molar-refractivity contribution in [2.45, 2.75) is 26.0 Å². The number of hydrogen-bond acceptors (Lipinski definition) is 4. The van der Waals surface area contributed by atoms with E-state index in [-0.39, 0.29) is 5.25 Å². The first-order valence-electron chi connectivity index (χ1n) is 3.43. The van der Waals surface area contributed by atoms with Gasteiger partial charge < -0.3 is 4.84 Å². The van der Waals surface area contributed by atoms with Gasteiger partial charge in [-0.3, -0.25) is 0 Å². The quantitative estimate of drug-likeness (QED) is 0.370. The Bertz CT molecular complexity index is 174. The standard InChI is InChI=1S/C7H12N2OS/c1-4-10-9-6(2)7(3)11-5-8/h7H,4H2,1-3H3/b9-6+/t7-/m0/s1. The highest BCUT2D eigenvalue weighted by Crippen LogP contribution is 2.09. The molecule has 0 aliphatic heterocycles. The van der Waals surface area contributed by atoms with Gasteiger partial charge in [-0.15, -0.1) is 0 Å².